The van der Waals surface area contributed by atoms with Crippen LogP contribution < -0.4 is 10.0 Å². The molecule has 1 aromatic carbocycles. The number of anilines is 1. The average Bonchev–Trinajstić information content (AvgIpc) is 2.95. The molecule has 9 heteroatoms. The van der Waals surface area contributed by atoms with E-state index in [1.54, 1.807) is 29.1 Å². The number of halogens is 1. The quantitative estimate of drug-likeness (QED) is 0.782. The first-order valence-electron chi connectivity index (χ1n) is 7.39. The highest BCUT2D eigenvalue weighted by Gasteiger charge is 2.17. The van der Waals surface area contributed by atoms with E-state index in [4.69, 9.17) is 11.6 Å². The van der Waals surface area contributed by atoms with E-state index in [1.807, 2.05) is 13.8 Å². The molecule has 0 unspecified atom stereocenters. The third-order valence-electron chi connectivity index (χ3n) is 3.20. The topological polar surface area (TPSA) is 93.1 Å². The van der Waals surface area contributed by atoms with Gasteiger partial charge in [0.2, 0.25) is 15.9 Å². The molecule has 2 rings (SSSR count). The average molecular weight is 371 g/mol. The Morgan fingerprint density at radius 3 is 2.67 bits per heavy atom. The summed E-state index contributed by atoms with van der Waals surface area (Å²) in [6, 6.07) is 7.93. The first kappa shape index (κ1) is 18.4. The Bertz CT molecular complexity index is 818. The summed E-state index contributed by atoms with van der Waals surface area (Å²) in [7, 11) is -3.75. The van der Waals surface area contributed by atoms with Crippen LogP contribution in [0.4, 0.5) is 5.82 Å². The van der Waals surface area contributed by atoms with E-state index >= 15 is 0 Å². The molecular weight excluding hydrogens is 352 g/mol. The number of rotatable bonds is 7. The van der Waals surface area contributed by atoms with Crippen LogP contribution in [0.5, 0.6) is 0 Å². The van der Waals surface area contributed by atoms with Gasteiger partial charge in [0.25, 0.3) is 0 Å². The van der Waals surface area contributed by atoms with Gasteiger partial charge in [0, 0.05) is 25.1 Å². The Hall–Kier alpha value is -1.90. The molecule has 0 radical (unpaired) electrons. The summed E-state index contributed by atoms with van der Waals surface area (Å²) in [6.45, 7) is 3.86. The first-order valence-corrected chi connectivity index (χ1v) is 9.25. The van der Waals surface area contributed by atoms with Crippen LogP contribution in [-0.4, -0.2) is 30.7 Å². The van der Waals surface area contributed by atoms with Crippen molar-refractivity contribution >= 4 is 33.3 Å². The lowest BCUT2D eigenvalue weighted by atomic mass is 10.4. The van der Waals surface area contributed by atoms with Crippen molar-refractivity contribution in [3.63, 3.8) is 0 Å². The van der Waals surface area contributed by atoms with Crippen LogP contribution in [0.15, 0.2) is 41.4 Å². The largest absolute Gasteiger partial charge is 0.311 e. The Morgan fingerprint density at radius 2 is 2.00 bits per heavy atom. The zero-order valence-corrected chi connectivity index (χ0v) is 14.9. The number of carbonyl (C=O) groups excluding carboxylic acids is 1. The highest BCUT2D eigenvalue weighted by molar-refractivity contribution is 7.89. The molecular formula is C15H19ClN4O3S. The molecule has 1 amide bonds. The molecule has 7 nitrogen and oxygen atoms in total. The van der Waals surface area contributed by atoms with E-state index in [1.165, 1.54) is 12.1 Å². The minimum Gasteiger partial charge on any atom is -0.311 e. The molecule has 1 aromatic heterocycles. The zero-order chi connectivity index (χ0) is 17.7. The van der Waals surface area contributed by atoms with Crippen molar-refractivity contribution in [3.05, 3.63) is 41.6 Å². The molecule has 0 saturated carbocycles. The van der Waals surface area contributed by atoms with E-state index in [-0.39, 0.29) is 34.8 Å². The number of aromatic nitrogens is 2. The monoisotopic (exact) mass is 370 g/mol. The summed E-state index contributed by atoms with van der Waals surface area (Å²) < 4.78 is 28.3. The van der Waals surface area contributed by atoms with Gasteiger partial charge in [-0.1, -0.05) is 23.7 Å². The molecule has 24 heavy (non-hydrogen) atoms. The fourth-order valence-corrected chi connectivity index (χ4v) is 3.62. The number of nitrogens with one attached hydrogen (secondary N) is 2. The van der Waals surface area contributed by atoms with E-state index in [0.29, 0.717) is 5.82 Å². The second kappa shape index (κ2) is 7.78. The van der Waals surface area contributed by atoms with Gasteiger partial charge in [-0.25, -0.2) is 17.8 Å². The smallest absolute Gasteiger partial charge is 0.242 e. The van der Waals surface area contributed by atoms with Gasteiger partial charge in [-0.2, -0.15) is 5.10 Å². The highest BCUT2D eigenvalue weighted by atomic mass is 35.5. The van der Waals surface area contributed by atoms with E-state index in [0.717, 1.165) is 0 Å². The van der Waals surface area contributed by atoms with Crippen LogP contribution in [0.25, 0.3) is 0 Å². The molecule has 2 N–H and O–H groups in total. The van der Waals surface area contributed by atoms with Crippen LogP contribution in [0.2, 0.25) is 5.02 Å². The molecule has 0 spiro atoms. The van der Waals surface area contributed by atoms with Gasteiger partial charge < -0.3 is 5.32 Å². The van der Waals surface area contributed by atoms with Crippen molar-refractivity contribution in [2.24, 2.45) is 0 Å². The molecule has 0 aliphatic heterocycles. The lowest BCUT2D eigenvalue weighted by Crippen LogP contribution is -2.28. The van der Waals surface area contributed by atoms with Gasteiger partial charge in [0.05, 0.1) is 11.2 Å². The number of nitrogens with zero attached hydrogens (tertiary/aromatic N) is 2. The molecule has 0 atom stereocenters. The van der Waals surface area contributed by atoms with Crippen LogP contribution in [0.3, 0.4) is 0 Å². The summed E-state index contributed by atoms with van der Waals surface area (Å²) in [4.78, 5) is 12.0. The predicted octanol–water partition coefficient (Wildman–Crippen LogP) is 2.42. The molecule has 2 aromatic rings. The SMILES string of the molecule is CC(C)n1nccc1NC(=O)CCNS(=O)(=O)c1ccccc1Cl. The number of amides is 1. The molecule has 130 valence electrons. The Labute approximate surface area is 146 Å². The van der Waals surface area contributed by atoms with Gasteiger partial charge in [-0.05, 0) is 26.0 Å². The van der Waals surface area contributed by atoms with Crippen molar-refractivity contribution in [2.45, 2.75) is 31.2 Å². The van der Waals surface area contributed by atoms with Crippen molar-refractivity contribution < 1.29 is 13.2 Å². The standard InChI is InChI=1S/C15H19ClN4O3S/c1-11(2)20-14(7-9-17-20)19-15(21)8-10-18-24(22,23)13-6-4-3-5-12(13)16/h3-7,9,11,18H,8,10H2,1-2H3,(H,19,21). The fraction of sp³-hybridized carbons (Fsp3) is 0.333. The van der Waals surface area contributed by atoms with E-state index in [9.17, 15) is 13.2 Å². The maximum Gasteiger partial charge on any atom is 0.242 e. The van der Waals surface area contributed by atoms with Crippen molar-refractivity contribution in [3.8, 4) is 0 Å². The minimum absolute atomic E-state index is 0.00699. The molecule has 0 aliphatic carbocycles. The summed E-state index contributed by atoms with van der Waals surface area (Å²) in [5.74, 6) is 0.267. The molecule has 0 bridgehead atoms. The maximum atomic E-state index is 12.2. The summed E-state index contributed by atoms with van der Waals surface area (Å²) in [6.07, 6.45) is 1.59. The number of hydrogen-bond acceptors (Lipinski definition) is 4. The highest BCUT2D eigenvalue weighted by Crippen LogP contribution is 2.20. The maximum absolute atomic E-state index is 12.2. The van der Waals surface area contributed by atoms with Gasteiger partial charge in [-0.15, -0.1) is 0 Å². The van der Waals surface area contributed by atoms with Gasteiger partial charge in [0.15, 0.2) is 0 Å². The number of hydrogen-bond donors (Lipinski definition) is 2. The van der Waals surface area contributed by atoms with Crippen LogP contribution >= 0.6 is 11.6 Å². The van der Waals surface area contributed by atoms with E-state index < -0.39 is 10.0 Å². The van der Waals surface area contributed by atoms with Gasteiger partial charge in [-0.3, -0.25) is 4.79 Å². The lowest BCUT2D eigenvalue weighted by Gasteiger charge is -2.12. The minimum atomic E-state index is -3.75. The Balaban J connectivity index is 1.91. The second-order valence-corrected chi connectivity index (χ2v) is 7.52. The number of sulfonamides is 1. The molecule has 1 heterocycles. The Kier molecular flexibility index (Phi) is 5.98. The van der Waals surface area contributed by atoms with Crippen molar-refractivity contribution in [1.82, 2.24) is 14.5 Å². The Morgan fingerprint density at radius 1 is 1.29 bits per heavy atom. The van der Waals surface area contributed by atoms with Crippen LogP contribution in [0, 0.1) is 0 Å². The number of benzene rings is 1. The third-order valence-corrected chi connectivity index (χ3v) is 5.16. The summed E-state index contributed by atoms with van der Waals surface area (Å²) in [5.41, 5.74) is 0. The predicted molar refractivity (Wildman–Crippen MR) is 92.5 cm³/mol. The van der Waals surface area contributed by atoms with Gasteiger partial charge >= 0.3 is 0 Å². The van der Waals surface area contributed by atoms with Gasteiger partial charge in [0.1, 0.15) is 10.7 Å². The third kappa shape index (κ3) is 4.56. The molecule has 0 aliphatic rings. The normalized spacial score (nSPS) is 11.7. The molecule has 0 fully saturated rings. The van der Waals surface area contributed by atoms with Crippen molar-refractivity contribution in [1.29, 1.82) is 0 Å². The lowest BCUT2D eigenvalue weighted by molar-refractivity contribution is -0.116. The number of carbonyl (C=O) groups is 1. The first-order chi connectivity index (χ1) is 11.3. The zero-order valence-electron chi connectivity index (χ0n) is 13.4. The van der Waals surface area contributed by atoms with Crippen LogP contribution in [0.1, 0.15) is 26.3 Å². The second-order valence-electron chi connectivity index (χ2n) is 5.38. The van der Waals surface area contributed by atoms with E-state index in [2.05, 4.69) is 15.1 Å². The summed E-state index contributed by atoms with van der Waals surface area (Å²) >= 11 is 5.88. The summed E-state index contributed by atoms with van der Waals surface area (Å²) in [5, 5.41) is 6.96. The fourth-order valence-electron chi connectivity index (χ4n) is 2.07. The van der Waals surface area contributed by atoms with Crippen LogP contribution in [-0.2, 0) is 14.8 Å². The molecule has 0 saturated heterocycles. The van der Waals surface area contributed by atoms with Crippen molar-refractivity contribution in [2.75, 3.05) is 11.9 Å².